The quantitative estimate of drug-likeness (QED) is 0.671. The third kappa shape index (κ3) is 1.98. The molecule has 0 atom stereocenters. The van der Waals surface area contributed by atoms with Gasteiger partial charge in [0.05, 0.1) is 5.75 Å². The monoisotopic (exact) mass is 196 g/mol. The van der Waals surface area contributed by atoms with E-state index in [1.54, 1.807) is 0 Å². The minimum atomic E-state index is 0.856. The molecule has 2 rings (SSSR count). The van der Waals surface area contributed by atoms with Gasteiger partial charge in [-0.1, -0.05) is 42.5 Å². The van der Waals surface area contributed by atoms with Crippen LogP contribution in [0.25, 0.3) is 11.1 Å². The first-order chi connectivity index (χ1) is 6.90. The molecule has 66 valence electrons. The summed E-state index contributed by atoms with van der Waals surface area (Å²) < 4.78 is 5.02. The van der Waals surface area contributed by atoms with Crippen LogP contribution >= 0.6 is 0 Å². The van der Waals surface area contributed by atoms with Gasteiger partial charge in [-0.15, -0.1) is 0 Å². The van der Waals surface area contributed by atoms with Crippen molar-refractivity contribution in [1.82, 2.24) is 0 Å². The predicted octanol–water partition coefficient (Wildman–Crippen LogP) is 2.82. The lowest BCUT2D eigenvalue weighted by atomic mass is 10.1. The highest BCUT2D eigenvalue weighted by atomic mass is 27.1. The maximum absolute atomic E-state index is 5.02. The lowest BCUT2D eigenvalue weighted by Gasteiger charge is -2.04. The van der Waals surface area contributed by atoms with Crippen molar-refractivity contribution in [3.8, 4) is 16.9 Å². The van der Waals surface area contributed by atoms with E-state index < -0.39 is 0 Å². The second kappa shape index (κ2) is 4.33. The first-order valence-electron chi connectivity index (χ1n) is 4.42. The Kier molecular flexibility index (Phi) is 2.88. The van der Waals surface area contributed by atoms with Crippen LogP contribution in [-0.4, -0.2) is 16.6 Å². The highest BCUT2D eigenvalue weighted by Gasteiger charge is 1.95. The first-order valence-corrected chi connectivity index (χ1v) is 4.89. The van der Waals surface area contributed by atoms with E-state index in [1.165, 1.54) is 11.1 Å². The molecule has 0 spiro atoms. The Labute approximate surface area is 92.1 Å². The smallest absolute Gasteiger partial charge is 0.482 e. The molecule has 2 aromatic rings. The van der Waals surface area contributed by atoms with Gasteiger partial charge in [-0.05, 0) is 23.3 Å². The summed E-state index contributed by atoms with van der Waals surface area (Å²) in [6, 6.07) is 18.3. The first kappa shape index (κ1) is 9.33. The van der Waals surface area contributed by atoms with E-state index in [1.807, 2.05) is 30.3 Å². The van der Waals surface area contributed by atoms with Gasteiger partial charge in [-0.3, -0.25) is 0 Å². The second-order valence-electron chi connectivity index (χ2n) is 3.01. The number of benzene rings is 2. The molecule has 2 heteroatoms. The summed E-state index contributed by atoms with van der Waals surface area (Å²) in [7, 11) is 0. The number of hydrogen-bond donors (Lipinski definition) is 0. The highest BCUT2D eigenvalue weighted by molar-refractivity contribution is 5.99. The van der Waals surface area contributed by atoms with E-state index in [2.05, 4.69) is 40.9 Å². The standard InChI is InChI=1S/C12H10O.Al/c13-12-8-6-11(7-9-12)10-4-2-1-3-5-10;/h1-9,13H;/q;+1/p-1. The van der Waals surface area contributed by atoms with Crippen LogP contribution in [0.2, 0.25) is 0 Å². The van der Waals surface area contributed by atoms with Crippen LogP contribution in [0.15, 0.2) is 54.6 Å². The van der Waals surface area contributed by atoms with Crippen molar-refractivity contribution in [3.63, 3.8) is 0 Å². The zero-order valence-electron chi connectivity index (χ0n) is 7.68. The molecule has 0 N–H and O–H groups in total. The van der Waals surface area contributed by atoms with Crippen LogP contribution in [0, 0.1) is 0 Å². The predicted molar refractivity (Wildman–Crippen MR) is 58.3 cm³/mol. The summed E-state index contributed by atoms with van der Waals surface area (Å²) in [6.45, 7) is 0. The van der Waals surface area contributed by atoms with Crippen molar-refractivity contribution in [2.45, 2.75) is 0 Å². The Morgan fingerprint density at radius 1 is 0.714 bits per heavy atom. The normalized spacial score (nSPS) is 9.71. The van der Waals surface area contributed by atoms with Gasteiger partial charge in [0.1, 0.15) is 0 Å². The summed E-state index contributed by atoms with van der Waals surface area (Å²) in [4.78, 5) is 0. The topological polar surface area (TPSA) is 9.23 Å². The van der Waals surface area contributed by atoms with Gasteiger partial charge < -0.3 is 3.79 Å². The Hall–Kier alpha value is -1.23. The zero-order chi connectivity index (χ0) is 9.80. The Balaban J connectivity index is 2.34. The molecule has 0 heterocycles. The van der Waals surface area contributed by atoms with Crippen molar-refractivity contribution in [2.24, 2.45) is 0 Å². The van der Waals surface area contributed by atoms with Gasteiger partial charge in [0.2, 0.25) is 0 Å². The highest BCUT2D eigenvalue weighted by Crippen LogP contribution is 2.21. The molecule has 0 unspecified atom stereocenters. The molecule has 2 aromatic carbocycles. The van der Waals surface area contributed by atoms with Crippen molar-refractivity contribution < 1.29 is 3.79 Å². The van der Waals surface area contributed by atoms with E-state index in [4.69, 9.17) is 3.79 Å². The average Bonchev–Trinajstić information content (AvgIpc) is 2.30. The molecule has 0 saturated carbocycles. The van der Waals surface area contributed by atoms with Crippen LogP contribution in [0.3, 0.4) is 0 Å². The molecule has 1 nitrogen and oxygen atoms in total. The van der Waals surface area contributed by atoms with Gasteiger partial charge in [0, 0.05) is 0 Å². The van der Waals surface area contributed by atoms with E-state index in [0.29, 0.717) is 0 Å². The molecule has 2 radical (unpaired) electrons. The van der Waals surface area contributed by atoms with Crippen molar-refractivity contribution in [2.75, 3.05) is 0 Å². The summed E-state index contributed by atoms with van der Waals surface area (Å²) >= 11 is 2.24. The zero-order valence-corrected chi connectivity index (χ0v) is 8.84. The van der Waals surface area contributed by atoms with Crippen LogP contribution in [-0.2, 0) is 0 Å². The summed E-state index contributed by atoms with van der Waals surface area (Å²) in [5.74, 6) is 0.856. The Bertz CT molecular complexity index is 394. The third-order valence-electron chi connectivity index (χ3n) is 2.10. The average molecular weight is 196 g/mol. The lowest BCUT2D eigenvalue weighted by molar-refractivity contribution is 0.616. The maximum Gasteiger partial charge on any atom is 0.482 e. The second-order valence-corrected chi connectivity index (χ2v) is 3.24. The number of rotatable bonds is 2. The molecule has 0 fully saturated rings. The molecular formula is C12H9AlO. The van der Waals surface area contributed by atoms with Crippen LogP contribution in [0.4, 0.5) is 0 Å². The van der Waals surface area contributed by atoms with E-state index in [0.717, 1.165) is 5.75 Å². The fraction of sp³-hybridized carbons (Fsp3) is 0. The minimum absolute atomic E-state index is 0.856. The molecular weight excluding hydrogens is 187 g/mol. The number of hydrogen-bond acceptors (Lipinski definition) is 1. The molecule has 0 amide bonds. The minimum Gasteiger partial charge on any atom is -0.654 e. The summed E-state index contributed by atoms with van der Waals surface area (Å²) in [6.07, 6.45) is 0. The van der Waals surface area contributed by atoms with Crippen molar-refractivity contribution in [3.05, 3.63) is 54.6 Å². The molecule has 0 saturated heterocycles. The largest absolute Gasteiger partial charge is 0.654 e. The van der Waals surface area contributed by atoms with E-state index in [-0.39, 0.29) is 0 Å². The van der Waals surface area contributed by atoms with Crippen LogP contribution in [0.1, 0.15) is 0 Å². The molecule has 14 heavy (non-hydrogen) atoms. The van der Waals surface area contributed by atoms with E-state index >= 15 is 0 Å². The van der Waals surface area contributed by atoms with Crippen LogP contribution in [0.5, 0.6) is 5.75 Å². The Morgan fingerprint density at radius 2 is 1.29 bits per heavy atom. The third-order valence-corrected chi connectivity index (χ3v) is 2.37. The van der Waals surface area contributed by atoms with Gasteiger partial charge in [-0.25, -0.2) is 0 Å². The van der Waals surface area contributed by atoms with Crippen molar-refractivity contribution >= 4 is 16.6 Å². The molecule has 0 aromatic heterocycles. The molecule has 0 aliphatic carbocycles. The molecule has 0 aliphatic rings. The fourth-order valence-corrected chi connectivity index (χ4v) is 1.51. The summed E-state index contributed by atoms with van der Waals surface area (Å²) in [5.41, 5.74) is 2.43. The van der Waals surface area contributed by atoms with Crippen LogP contribution < -0.4 is 3.79 Å². The van der Waals surface area contributed by atoms with E-state index in [9.17, 15) is 0 Å². The van der Waals surface area contributed by atoms with Crippen molar-refractivity contribution in [1.29, 1.82) is 0 Å². The molecule has 0 bridgehead atoms. The van der Waals surface area contributed by atoms with Gasteiger partial charge in [0.15, 0.2) is 0 Å². The lowest BCUT2D eigenvalue weighted by Crippen LogP contribution is -1.84. The Morgan fingerprint density at radius 3 is 1.86 bits per heavy atom. The maximum atomic E-state index is 5.02. The SMILES string of the molecule is [Al][O]c1ccc(-c2ccccc2)cc1. The summed E-state index contributed by atoms with van der Waals surface area (Å²) in [5, 5.41) is 0. The van der Waals surface area contributed by atoms with Gasteiger partial charge in [0.25, 0.3) is 0 Å². The van der Waals surface area contributed by atoms with Gasteiger partial charge >= 0.3 is 16.6 Å². The molecule has 0 aliphatic heterocycles. The fourth-order valence-electron chi connectivity index (χ4n) is 1.36. The van der Waals surface area contributed by atoms with Gasteiger partial charge in [-0.2, -0.15) is 0 Å².